The highest BCUT2D eigenvalue weighted by atomic mass is 32.1. The van der Waals surface area contributed by atoms with E-state index in [0.717, 1.165) is 40.0 Å². The molecule has 0 radical (unpaired) electrons. The number of carbonyl (C=O) groups is 11. The fourth-order valence-corrected chi connectivity index (χ4v) is 14.5. The molecule has 2 aromatic heterocycles. The molecular weight excluding hydrogens is 1440 g/mol. The zero-order valence-corrected chi connectivity index (χ0v) is 67.8. The molecule has 1 aliphatic rings. The number of amides is 10. The van der Waals surface area contributed by atoms with Crippen molar-refractivity contribution in [2.45, 2.75) is 208 Å². The van der Waals surface area contributed by atoms with Gasteiger partial charge in [0.15, 0.2) is 0 Å². The number of carbonyl (C=O) groups excluding carboxylic acids is 10. The van der Waals surface area contributed by atoms with Crippen molar-refractivity contribution in [3.05, 3.63) is 118 Å². The number of fused-ring (bicyclic) bond motifs is 1. The quantitative estimate of drug-likeness (QED) is 0.0170. The summed E-state index contributed by atoms with van der Waals surface area (Å²) in [6, 6.07) is 20.1. The van der Waals surface area contributed by atoms with E-state index in [9.17, 15) is 57.8 Å². The van der Waals surface area contributed by atoms with Gasteiger partial charge in [-0.05, 0) is 111 Å². The summed E-state index contributed by atoms with van der Waals surface area (Å²) in [6.45, 7) is 19.8. The summed E-state index contributed by atoms with van der Waals surface area (Å²) in [5.41, 5.74) is 3.98. The van der Waals surface area contributed by atoms with Crippen molar-refractivity contribution in [3.8, 4) is 0 Å². The number of nitrogens with one attached hydrogen (secondary N) is 8. The van der Waals surface area contributed by atoms with Gasteiger partial charge >= 0.3 is 12.1 Å². The lowest BCUT2D eigenvalue weighted by molar-refractivity contribution is -0.146. The highest BCUT2D eigenvalue weighted by Gasteiger charge is 2.42. The molecule has 0 aliphatic carbocycles. The number of nitrogens with zero attached hydrogens (tertiary/aromatic N) is 5. The summed E-state index contributed by atoms with van der Waals surface area (Å²) in [5.74, 6) is -6.57. The Morgan fingerprint density at radius 1 is 0.694 bits per heavy atom. The first-order chi connectivity index (χ1) is 53.0. The number of hydrogen-bond donors (Lipinski definition) is 9. The SMILES string of the molecule is CC[C@H](C)[C@@H]([C@@H](CC(=O)N1CCC[C@H]1C[C@@H](C)C(=O)N[C@@H](Cc1ccccc1)c1nccs1)OC)N(C)C(=O)[C@@H](NC(=O)[C@H](C(C)C)N(C)C(=O)OCc1ccc(NC(=O)[C@H](C)NC(=O)[C@@H](NC(=O)CCOCCOCCNC(=O)[C@H](CCC(=O)O)NC(=O)CCn2c(CNC)cc3ccccc32)C(C)C)cc1)C(C)C. The number of likely N-dealkylation sites (N-methyl/N-ethyl adjacent to an activating group) is 2. The Hall–Kier alpha value is -9.36. The number of aromatic nitrogens is 2. The predicted octanol–water partition coefficient (Wildman–Crippen LogP) is 7.51. The van der Waals surface area contributed by atoms with Crippen molar-refractivity contribution >= 4 is 93.2 Å². The first-order valence-electron chi connectivity index (χ1n) is 38.6. The monoisotopic (exact) mass is 1560 g/mol. The van der Waals surface area contributed by atoms with Crippen LogP contribution in [0.15, 0.2) is 96.5 Å². The number of likely N-dealkylation sites (tertiary alicyclic amines) is 1. The Morgan fingerprint density at radius 3 is 2.01 bits per heavy atom. The summed E-state index contributed by atoms with van der Waals surface area (Å²) in [7, 11) is 6.48. The minimum absolute atomic E-state index is 0.00319. The van der Waals surface area contributed by atoms with Crippen molar-refractivity contribution in [3.63, 3.8) is 0 Å². The van der Waals surface area contributed by atoms with Crippen molar-refractivity contribution in [1.29, 1.82) is 0 Å². The van der Waals surface area contributed by atoms with Crippen molar-refractivity contribution in [2.75, 3.05) is 73.1 Å². The molecule has 30 heteroatoms. The van der Waals surface area contributed by atoms with Crippen LogP contribution in [-0.4, -0.2) is 211 Å². The smallest absolute Gasteiger partial charge is 0.410 e. The zero-order valence-electron chi connectivity index (χ0n) is 67.0. The normalized spacial score (nSPS) is 15.6. The Bertz CT molecular complexity index is 3820. The Kier molecular flexibility index (Phi) is 37.4. The summed E-state index contributed by atoms with van der Waals surface area (Å²) >= 11 is 1.49. The zero-order chi connectivity index (χ0) is 81.4. The molecule has 1 aliphatic heterocycles. The minimum atomic E-state index is -1.11. The minimum Gasteiger partial charge on any atom is -0.481 e. The van der Waals surface area contributed by atoms with E-state index in [2.05, 4.69) is 53.6 Å². The molecule has 9 N–H and O–H groups in total. The van der Waals surface area contributed by atoms with E-state index in [-0.39, 0.29) is 107 Å². The molecule has 11 atom stereocenters. The second-order valence-corrected chi connectivity index (χ2v) is 30.6. The van der Waals surface area contributed by atoms with E-state index < -0.39 is 114 Å². The first-order valence-corrected chi connectivity index (χ1v) is 39.5. The van der Waals surface area contributed by atoms with Gasteiger partial charge in [0, 0.05) is 107 Å². The second-order valence-electron chi connectivity index (χ2n) is 29.7. The van der Waals surface area contributed by atoms with Gasteiger partial charge < -0.3 is 81.0 Å². The van der Waals surface area contributed by atoms with Crippen LogP contribution in [0.5, 0.6) is 0 Å². The number of hydrogen-bond acceptors (Lipinski definition) is 18. The molecule has 0 saturated carbocycles. The van der Waals surface area contributed by atoms with E-state index in [1.54, 1.807) is 70.1 Å². The van der Waals surface area contributed by atoms with Gasteiger partial charge in [0.05, 0.1) is 51.0 Å². The third-order valence-electron chi connectivity index (χ3n) is 20.1. The summed E-state index contributed by atoms with van der Waals surface area (Å²) in [4.78, 5) is 158. The highest BCUT2D eigenvalue weighted by Crippen LogP contribution is 2.30. The van der Waals surface area contributed by atoms with Crippen LogP contribution in [0, 0.1) is 29.6 Å². The highest BCUT2D eigenvalue weighted by molar-refractivity contribution is 7.09. The molecule has 1 fully saturated rings. The van der Waals surface area contributed by atoms with E-state index in [1.165, 1.54) is 37.3 Å². The molecule has 3 aromatic carbocycles. The maximum atomic E-state index is 14.8. The fourth-order valence-electron chi connectivity index (χ4n) is 13.8. The lowest BCUT2D eigenvalue weighted by atomic mass is 9.89. The first kappa shape index (κ1) is 90.5. The van der Waals surface area contributed by atoms with Crippen LogP contribution < -0.4 is 42.5 Å². The van der Waals surface area contributed by atoms with Gasteiger partial charge in [-0.25, -0.2) is 9.78 Å². The molecule has 5 aromatic rings. The number of anilines is 1. The number of ether oxygens (including phenoxy) is 4. The van der Waals surface area contributed by atoms with Gasteiger partial charge in [-0.15, -0.1) is 11.3 Å². The van der Waals surface area contributed by atoms with Crippen molar-refractivity contribution < 1.29 is 76.8 Å². The van der Waals surface area contributed by atoms with Crippen LogP contribution >= 0.6 is 11.3 Å². The van der Waals surface area contributed by atoms with Crippen molar-refractivity contribution in [1.82, 2.24) is 61.5 Å². The molecule has 0 bridgehead atoms. The van der Waals surface area contributed by atoms with Gasteiger partial charge in [0.2, 0.25) is 53.2 Å². The van der Waals surface area contributed by atoms with Crippen LogP contribution in [0.2, 0.25) is 0 Å². The number of methoxy groups -OCH3 is 1. The van der Waals surface area contributed by atoms with E-state index in [1.807, 2.05) is 111 Å². The predicted molar refractivity (Wildman–Crippen MR) is 423 cm³/mol. The molecule has 6 rings (SSSR count). The standard InChI is InChI=1S/C81H119N13O16S/c1-15-53(8)73(65(107-14)47-68(97)94-37-21-25-60(94)44-54(9)74(100)88-63(79-84-36-43-111-79)45-56-22-17-16-18-23-56)91(12)80(105)71(51(4)5)90-78(104)72(52(6)7)92(13)81(106)110-49-57-27-29-59(30-28-57)86-75(101)55(10)85-77(103)70(50(2)3)89-67(96)34-39-108-41-42-109-40-35-83-76(102)62(31-32-69(98)99)87-66(95)33-38-93-61(48-82-11)46-58-24-19-20-26-64(58)93/h16-20,22-24,26-30,36,43,46,50-55,60,62-63,65,70-73,82H,15,21,25,31-35,37-42,44-45,47-49H2,1-14H3,(H,83,102)(H,85,103)(H,86,101)(H,87,95)(H,88,100)(H,89,96)(H,90,104)(H,98,99)/t53-,54+,55-,60-,62-,63-,65+,70-,71-,72-,73-/m0/s1. The second kappa shape index (κ2) is 45.8. The van der Waals surface area contributed by atoms with Gasteiger partial charge in [-0.3, -0.25) is 52.8 Å². The van der Waals surface area contributed by atoms with Crippen LogP contribution in [0.4, 0.5) is 10.5 Å². The lowest BCUT2D eigenvalue weighted by Crippen LogP contribution is -2.60. The maximum Gasteiger partial charge on any atom is 0.410 e. The summed E-state index contributed by atoms with van der Waals surface area (Å²) < 4.78 is 25.0. The van der Waals surface area contributed by atoms with Gasteiger partial charge in [-0.2, -0.15) is 0 Å². The van der Waals surface area contributed by atoms with Crippen LogP contribution in [0.3, 0.4) is 0 Å². The number of aryl methyl sites for hydroxylation is 1. The molecule has 0 unspecified atom stereocenters. The lowest BCUT2D eigenvalue weighted by Gasteiger charge is -2.40. The van der Waals surface area contributed by atoms with E-state index in [4.69, 9.17) is 18.9 Å². The molecule has 10 amide bonds. The Morgan fingerprint density at radius 2 is 1.37 bits per heavy atom. The third kappa shape index (κ3) is 28.1. The molecule has 1 saturated heterocycles. The number of para-hydroxylation sites is 1. The topological polar surface area (TPSA) is 369 Å². The largest absolute Gasteiger partial charge is 0.481 e. The third-order valence-corrected chi connectivity index (χ3v) is 21.0. The number of carboxylic acids is 1. The molecule has 29 nitrogen and oxygen atoms in total. The fraction of sp³-hybridized carbons (Fsp3) is 0.580. The van der Waals surface area contributed by atoms with Crippen LogP contribution in [-0.2, 0) is 93.0 Å². The molecule has 111 heavy (non-hydrogen) atoms. The summed E-state index contributed by atoms with van der Waals surface area (Å²) in [6.07, 6.45) is 2.98. The average molecular weight is 1560 g/mol. The van der Waals surface area contributed by atoms with Crippen LogP contribution in [0.1, 0.15) is 155 Å². The van der Waals surface area contributed by atoms with E-state index >= 15 is 0 Å². The van der Waals surface area contributed by atoms with Gasteiger partial charge in [0.25, 0.3) is 0 Å². The van der Waals surface area contributed by atoms with Crippen molar-refractivity contribution in [2.24, 2.45) is 29.6 Å². The average Bonchev–Trinajstić information content (AvgIpc) is 1.73. The molecule has 610 valence electrons. The Labute approximate surface area is 656 Å². The van der Waals surface area contributed by atoms with E-state index in [0.29, 0.717) is 50.1 Å². The van der Waals surface area contributed by atoms with Crippen LogP contribution in [0.25, 0.3) is 10.9 Å². The molecule has 3 heterocycles. The van der Waals surface area contributed by atoms with Gasteiger partial charge in [0.1, 0.15) is 41.8 Å². The number of rotatable bonds is 47. The number of thiazole rings is 1. The number of carboxylic acid groups (broad SMARTS) is 1. The van der Waals surface area contributed by atoms with Gasteiger partial charge in [-0.1, -0.05) is 129 Å². The summed E-state index contributed by atoms with van der Waals surface area (Å²) in [5, 5.41) is 35.9. The molecule has 0 spiro atoms. The Balaban J connectivity index is 0.901. The number of benzene rings is 3. The molecular formula is C81H119N13O16S. The number of aliphatic carboxylic acids is 1. The maximum absolute atomic E-state index is 14.8.